The third-order valence-corrected chi connectivity index (χ3v) is 6.04. The molecule has 1 aromatic carbocycles. The molecule has 172 valence electrons. The van der Waals surface area contributed by atoms with Crippen LogP contribution >= 0.6 is 0 Å². The Kier molecular flexibility index (Phi) is 5.14. The Morgan fingerprint density at radius 1 is 1.03 bits per heavy atom. The van der Waals surface area contributed by atoms with Crippen molar-refractivity contribution >= 4 is 28.8 Å². The van der Waals surface area contributed by atoms with Crippen LogP contribution in [0, 0.1) is 0 Å². The van der Waals surface area contributed by atoms with Gasteiger partial charge in [-0.25, -0.2) is 14.8 Å². The fourth-order valence-electron chi connectivity index (χ4n) is 4.18. The monoisotopic (exact) mass is 457 g/mol. The second-order valence-corrected chi connectivity index (χ2v) is 8.28. The summed E-state index contributed by atoms with van der Waals surface area (Å²) in [5, 5.41) is 0. The second-order valence-electron chi connectivity index (χ2n) is 8.28. The average Bonchev–Trinajstić information content (AvgIpc) is 3.49. The Morgan fingerprint density at radius 3 is 2.62 bits per heavy atom. The molecular weight excluding hydrogens is 434 g/mol. The number of cyclic esters (lactones) is 1. The number of piperazine rings is 1. The van der Waals surface area contributed by atoms with E-state index in [9.17, 15) is 4.79 Å². The number of aliphatic imine (C=N–C) groups is 1. The van der Waals surface area contributed by atoms with Gasteiger partial charge in [-0.15, -0.1) is 0 Å². The van der Waals surface area contributed by atoms with E-state index in [0.29, 0.717) is 5.76 Å². The van der Waals surface area contributed by atoms with Crippen molar-refractivity contribution in [3.8, 4) is 0 Å². The minimum atomic E-state index is -0.505. The number of ether oxygens (including phenoxy) is 3. The summed E-state index contributed by atoms with van der Waals surface area (Å²) >= 11 is 0. The minimum Gasteiger partial charge on any atom is -0.457 e. The van der Waals surface area contributed by atoms with E-state index in [-0.39, 0.29) is 17.4 Å². The molecule has 0 radical (unpaired) electrons. The molecule has 2 aromatic rings. The molecule has 4 aliphatic rings. The van der Waals surface area contributed by atoms with E-state index in [4.69, 9.17) is 14.2 Å². The lowest BCUT2D eigenvalue weighted by Crippen LogP contribution is -2.44. The quantitative estimate of drug-likeness (QED) is 0.555. The van der Waals surface area contributed by atoms with Gasteiger partial charge in [0.05, 0.1) is 11.0 Å². The van der Waals surface area contributed by atoms with Gasteiger partial charge in [0, 0.05) is 32.4 Å². The van der Waals surface area contributed by atoms with Gasteiger partial charge in [0.2, 0.25) is 11.7 Å². The zero-order chi connectivity index (χ0) is 22.9. The number of aromatic amines is 1. The van der Waals surface area contributed by atoms with Crippen molar-refractivity contribution in [2.75, 3.05) is 31.1 Å². The smallest absolute Gasteiger partial charge is 0.365 e. The van der Waals surface area contributed by atoms with E-state index in [1.807, 2.05) is 36.4 Å². The first-order chi connectivity index (χ1) is 16.7. The van der Waals surface area contributed by atoms with Crippen molar-refractivity contribution in [2.45, 2.75) is 12.8 Å². The van der Waals surface area contributed by atoms with Crippen LogP contribution in [0.1, 0.15) is 12.8 Å². The highest BCUT2D eigenvalue weighted by atomic mass is 16.6. The number of nitrogens with one attached hydrogen (secondary N) is 1. The van der Waals surface area contributed by atoms with Crippen LogP contribution in [0.15, 0.2) is 89.0 Å². The van der Waals surface area contributed by atoms with E-state index in [1.54, 1.807) is 6.20 Å². The zero-order valence-corrected chi connectivity index (χ0v) is 18.4. The molecule has 9 heteroatoms. The van der Waals surface area contributed by atoms with E-state index in [1.165, 1.54) is 12.5 Å². The summed E-state index contributed by atoms with van der Waals surface area (Å²) in [6.45, 7) is 3.01. The molecule has 6 rings (SSSR count). The highest BCUT2D eigenvalue weighted by Crippen LogP contribution is 2.27. The molecular formula is C25H23N5O4. The number of para-hydroxylation sites is 2. The number of fused-ring (bicyclic) bond motifs is 1. The predicted octanol–water partition coefficient (Wildman–Crippen LogP) is 3.49. The van der Waals surface area contributed by atoms with Crippen LogP contribution in [0.25, 0.3) is 11.0 Å². The first-order valence-electron chi connectivity index (χ1n) is 11.3. The molecule has 0 spiro atoms. The standard InChI is InChI=1S/C25H23N5O4/c31-24-20(26-23(34-24)22-16-32-21(15-33-22)17-6-2-1-3-7-17)14-29-10-12-30(13-11-29)25-27-18-8-4-5-9-19(18)28-25/h1-2,4-6,8-9,14-16H,3,7,10-13H2,(H,27,28). The van der Waals surface area contributed by atoms with Gasteiger partial charge in [0.25, 0.3) is 5.90 Å². The summed E-state index contributed by atoms with van der Waals surface area (Å²) in [4.78, 5) is 29.0. The minimum absolute atomic E-state index is 0.102. The van der Waals surface area contributed by atoms with Gasteiger partial charge in [-0.3, -0.25) is 0 Å². The van der Waals surface area contributed by atoms with Gasteiger partial charge in [-0.2, -0.15) is 0 Å². The molecule has 0 bridgehead atoms. The first-order valence-corrected chi connectivity index (χ1v) is 11.3. The van der Waals surface area contributed by atoms with E-state index < -0.39 is 5.97 Å². The molecule has 0 atom stereocenters. The lowest BCUT2D eigenvalue weighted by Gasteiger charge is -2.33. The molecule has 34 heavy (non-hydrogen) atoms. The number of esters is 1. The Morgan fingerprint density at radius 2 is 1.85 bits per heavy atom. The van der Waals surface area contributed by atoms with E-state index >= 15 is 0 Å². The maximum absolute atomic E-state index is 12.4. The number of aromatic nitrogens is 2. The number of hydrogen-bond donors (Lipinski definition) is 1. The predicted molar refractivity (Wildman–Crippen MR) is 126 cm³/mol. The molecule has 0 saturated carbocycles. The lowest BCUT2D eigenvalue weighted by atomic mass is 10.0. The number of allylic oxidation sites excluding steroid dienone is 4. The Balaban J connectivity index is 1.09. The maximum Gasteiger partial charge on any atom is 0.365 e. The first kappa shape index (κ1) is 20.3. The summed E-state index contributed by atoms with van der Waals surface area (Å²) in [6.07, 6.45) is 12.7. The summed E-state index contributed by atoms with van der Waals surface area (Å²) < 4.78 is 16.7. The average molecular weight is 457 g/mol. The van der Waals surface area contributed by atoms with Crippen molar-refractivity contribution in [3.63, 3.8) is 0 Å². The topological polar surface area (TPSA) is 92.3 Å². The number of carbonyl (C=O) groups excluding carboxylic acids is 1. The van der Waals surface area contributed by atoms with Gasteiger partial charge in [0.15, 0.2) is 11.5 Å². The number of hydrogen-bond acceptors (Lipinski definition) is 8. The van der Waals surface area contributed by atoms with Crippen molar-refractivity contribution in [1.82, 2.24) is 14.9 Å². The van der Waals surface area contributed by atoms with Crippen LogP contribution in [-0.2, 0) is 19.0 Å². The molecule has 1 saturated heterocycles. The van der Waals surface area contributed by atoms with Crippen LogP contribution < -0.4 is 4.90 Å². The van der Waals surface area contributed by atoms with Crippen molar-refractivity contribution in [1.29, 1.82) is 0 Å². The molecule has 9 nitrogen and oxygen atoms in total. The van der Waals surface area contributed by atoms with Gasteiger partial charge in [-0.1, -0.05) is 30.4 Å². The molecule has 0 unspecified atom stereocenters. The van der Waals surface area contributed by atoms with Gasteiger partial charge >= 0.3 is 5.97 Å². The number of anilines is 1. The zero-order valence-electron chi connectivity index (χ0n) is 18.4. The van der Waals surface area contributed by atoms with Gasteiger partial charge in [-0.05, 0) is 30.5 Å². The molecule has 4 heterocycles. The third-order valence-electron chi connectivity index (χ3n) is 6.04. The SMILES string of the molecule is O=C1OC(C2=COC(C3=CC=CCC3)=CO2)=NC1=CN1CCN(c2nc3ccccc3[nH]2)CC1. The molecule has 1 N–H and O–H groups in total. The van der Waals surface area contributed by atoms with Crippen molar-refractivity contribution < 1.29 is 19.0 Å². The Hall–Kier alpha value is -4.27. The van der Waals surface area contributed by atoms with Crippen LogP contribution in [-0.4, -0.2) is 52.9 Å². The van der Waals surface area contributed by atoms with Gasteiger partial charge in [0.1, 0.15) is 12.5 Å². The van der Waals surface area contributed by atoms with E-state index in [0.717, 1.165) is 61.6 Å². The van der Waals surface area contributed by atoms with E-state index in [2.05, 4.69) is 30.8 Å². The van der Waals surface area contributed by atoms with Crippen molar-refractivity contribution in [2.24, 2.45) is 4.99 Å². The number of rotatable bonds is 4. The van der Waals surface area contributed by atoms with Crippen LogP contribution in [0.4, 0.5) is 5.95 Å². The number of imidazole rings is 1. The normalized spacial score (nSPS) is 21.5. The summed E-state index contributed by atoms with van der Waals surface area (Å²) in [6, 6.07) is 7.99. The molecule has 3 aliphatic heterocycles. The number of nitrogens with zero attached hydrogens (tertiary/aromatic N) is 4. The fraction of sp³-hybridized carbons (Fsp3) is 0.240. The van der Waals surface area contributed by atoms with Crippen LogP contribution in [0.3, 0.4) is 0 Å². The fourth-order valence-corrected chi connectivity index (χ4v) is 4.18. The third kappa shape index (κ3) is 3.96. The second kappa shape index (κ2) is 8.58. The van der Waals surface area contributed by atoms with Crippen LogP contribution in [0.5, 0.6) is 0 Å². The molecule has 0 amide bonds. The summed E-state index contributed by atoms with van der Waals surface area (Å²) in [5.41, 5.74) is 3.28. The number of benzene rings is 1. The largest absolute Gasteiger partial charge is 0.457 e. The Bertz CT molecular complexity index is 1290. The summed E-state index contributed by atoms with van der Waals surface area (Å²) in [7, 11) is 0. The maximum atomic E-state index is 12.4. The Labute approximate surface area is 196 Å². The number of H-pyrrole nitrogens is 1. The molecule has 1 fully saturated rings. The number of carbonyl (C=O) groups is 1. The lowest BCUT2D eigenvalue weighted by molar-refractivity contribution is -0.130. The molecule has 1 aromatic heterocycles. The van der Waals surface area contributed by atoms with Crippen LogP contribution in [0.2, 0.25) is 0 Å². The molecule has 1 aliphatic carbocycles. The highest BCUT2D eigenvalue weighted by molar-refractivity contribution is 6.10. The summed E-state index contributed by atoms with van der Waals surface area (Å²) in [5.74, 6) is 1.38. The van der Waals surface area contributed by atoms with Crippen molar-refractivity contribution in [3.05, 3.63) is 84.0 Å². The van der Waals surface area contributed by atoms with Gasteiger partial charge < -0.3 is 29.0 Å². The highest BCUT2D eigenvalue weighted by Gasteiger charge is 2.30.